The van der Waals surface area contributed by atoms with Gasteiger partial charge >= 0.3 is 11.8 Å². The van der Waals surface area contributed by atoms with Gasteiger partial charge in [0.05, 0.1) is 0 Å². The van der Waals surface area contributed by atoms with Gasteiger partial charge < -0.3 is 0 Å². The lowest BCUT2D eigenvalue weighted by Gasteiger charge is -2.28. The summed E-state index contributed by atoms with van der Waals surface area (Å²) in [5.41, 5.74) is -1.48. The molecule has 2 aromatic rings. The molecular weight excluding hydrogens is 404 g/mol. The second-order valence-corrected chi connectivity index (χ2v) is 5.91. The smallest absolute Gasteiger partial charge is 0.194 e. The number of halogens is 6. The molecule has 0 saturated heterocycles. The number of benzene rings is 2. The van der Waals surface area contributed by atoms with E-state index in [-0.39, 0.29) is 4.47 Å². The SMILES string of the molecule is FC(F)(c1ccc(Br)cc1)C(F)(F)c1ccccc1Br. The summed E-state index contributed by atoms with van der Waals surface area (Å²) in [5.74, 6) is -8.63. The molecule has 6 heteroatoms. The van der Waals surface area contributed by atoms with Gasteiger partial charge in [0.15, 0.2) is 0 Å². The average Bonchev–Trinajstić information content (AvgIpc) is 2.39. The molecular formula is C14H8Br2F4. The van der Waals surface area contributed by atoms with Gasteiger partial charge in [0.2, 0.25) is 0 Å². The molecule has 0 nitrogen and oxygen atoms in total. The number of alkyl halides is 4. The van der Waals surface area contributed by atoms with Gasteiger partial charge in [-0.2, -0.15) is 17.6 Å². The van der Waals surface area contributed by atoms with E-state index in [1.807, 2.05) is 0 Å². The molecule has 106 valence electrons. The number of rotatable bonds is 3. The molecule has 0 N–H and O–H groups in total. The van der Waals surface area contributed by atoms with Gasteiger partial charge in [-0.25, -0.2) is 0 Å². The van der Waals surface area contributed by atoms with Crippen molar-refractivity contribution in [2.24, 2.45) is 0 Å². The van der Waals surface area contributed by atoms with Crippen LogP contribution in [0.3, 0.4) is 0 Å². The maximum absolute atomic E-state index is 14.2. The molecule has 0 fully saturated rings. The van der Waals surface area contributed by atoms with Crippen molar-refractivity contribution in [1.82, 2.24) is 0 Å². The van der Waals surface area contributed by atoms with Gasteiger partial charge in [0.25, 0.3) is 0 Å². The molecule has 0 spiro atoms. The third kappa shape index (κ3) is 2.63. The zero-order chi connectivity index (χ0) is 15.0. The van der Waals surface area contributed by atoms with Crippen LogP contribution in [0.1, 0.15) is 11.1 Å². The van der Waals surface area contributed by atoms with Crippen molar-refractivity contribution in [3.05, 3.63) is 68.6 Å². The first-order chi connectivity index (χ1) is 9.26. The monoisotopic (exact) mass is 410 g/mol. The molecule has 0 aliphatic carbocycles. The van der Waals surface area contributed by atoms with Gasteiger partial charge in [-0.3, -0.25) is 0 Å². The summed E-state index contributed by atoms with van der Waals surface area (Å²) in [6.45, 7) is 0. The van der Waals surface area contributed by atoms with Crippen LogP contribution in [0.4, 0.5) is 17.6 Å². The predicted octanol–water partition coefficient (Wildman–Crippen LogP) is 6.10. The third-order valence-corrected chi connectivity index (χ3v) is 4.03. The van der Waals surface area contributed by atoms with E-state index < -0.39 is 23.0 Å². The Labute approximate surface area is 130 Å². The van der Waals surface area contributed by atoms with Crippen LogP contribution in [0.25, 0.3) is 0 Å². The first-order valence-electron chi connectivity index (χ1n) is 5.53. The topological polar surface area (TPSA) is 0 Å². The Morgan fingerprint density at radius 1 is 0.700 bits per heavy atom. The van der Waals surface area contributed by atoms with Crippen LogP contribution in [0.5, 0.6) is 0 Å². The summed E-state index contributed by atoms with van der Waals surface area (Å²) in [7, 11) is 0. The fourth-order valence-electron chi connectivity index (χ4n) is 1.73. The molecule has 0 aliphatic heterocycles. The van der Waals surface area contributed by atoms with Crippen molar-refractivity contribution in [3.8, 4) is 0 Å². The van der Waals surface area contributed by atoms with Crippen molar-refractivity contribution >= 4 is 31.9 Å². The second kappa shape index (κ2) is 5.48. The molecule has 2 aromatic carbocycles. The van der Waals surface area contributed by atoms with Gasteiger partial charge in [-0.1, -0.05) is 62.2 Å². The Morgan fingerprint density at radius 2 is 1.25 bits per heavy atom. The van der Waals surface area contributed by atoms with E-state index in [0.29, 0.717) is 4.47 Å². The van der Waals surface area contributed by atoms with E-state index in [4.69, 9.17) is 0 Å². The van der Waals surface area contributed by atoms with E-state index in [0.717, 1.165) is 18.2 Å². The van der Waals surface area contributed by atoms with E-state index in [1.54, 1.807) is 0 Å². The lowest BCUT2D eigenvalue weighted by molar-refractivity contribution is -0.224. The van der Waals surface area contributed by atoms with Crippen molar-refractivity contribution in [1.29, 1.82) is 0 Å². The first-order valence-corrected chi connectivity index (χ1v) is 7.12. The Balaban J connectivity index is 2.51. The minimum Gasteiger partial charge on any atom is -0.194 e. The molecule has 0 aliphatic rings. The van der Waals surface area contributed by atoms with E-state index in [1.165, 1.54) is 30.3 Å². The second-order valence-electron chi connectivity index (χ2n) is 4.14. The predicted molar refractivity (Wildman–Crippen MR) is 76.1 cm³/mol. The normalized spacial score (nSPS) is 12.5. The van der Waals surface area contributed by atoms with Gasteiger partial charge in [0.1, 0.15) is 0 Å². The van der Waals surface area contributed by atoms with E-state index in [9.17, 15) is 17.6 Å². The highest BCUT2D eigenvalue weighted by molar-refractivity contribution is 9.10. The highest BCUT2D eigenvalue weighted by Crippen LogP contribution is 2.51. The minimum atomic E-state index is -4.32. The highest BCUT2D eigenvalue weighted by atomic mass is 79.9. The van der Waals surface area contributed by atoms with E-state index >= 15 is 0 Å². The van der Waals surface area contributed by atoms with Gasteiger partial charge in [0, 0.05) is 20.1 Å². The molecule has 0 radical (unpaired) electrons. The van der Waals surface area contributed by atoms with Crippen LogP contribution in [-0.4, -0.2) is 0 Å². The third-order valence-electron chi connectivity index (χ3n) is 2.81. The quantitative estimate of drug-likeness (QED) is 0.535. The molecule has 0 saturated carbocycles. The maximum Gasteiger partial charge on any atom is 0.340 e. The highest BCUT2D eigenvalue weighted by Gasteiger charge is 2.59. The zero-order valence-corrected chi connectivity index (χ0v) is 13.1. The van der Waals surface area contributed by atoms with E-state index in [2.05, 4.69) is 31.9 Å². The van der Waals surface area contributed by atoms with Crippen molar-refractivity contribution < 1.29 is 17.6 Å². The fraction of sp³-hybridized carbons (Fsp3) is 0.143. The number of hydrogen-bond donors (Lipinski definition) is 0. The van der Waals surface area contributed by atoms with Crippen LogP contribution in [0, 0.1) is 0 Å². The average molecular weight is 412 g/mol. The van der Waals surface area contributed by atoms with Crippen LogP contribution >= 0.6 is 31.9 Å². The molecule has 0 atom stereocenters. The van der Waals surface area contributed by atoms with Crippen molar-refractivity contribution in [2.75, 3.05) is 0 Å². The molecule has 20 heavy (non-hydrogen) atoms. The molecule has 0 aromatic heterocycles. The largest absolute Gasteiger partial charge is 0.340 e. The summed E-state index contributed by atoms with van der Waals surface area (Å²) in [6.07, 6.45) is 0. The lowest BCUT2D eigenvalue weighted by atomic mass is 9.96. The van der Waals surface area contributed by atoms with Crippen molar-refractivity contribution in [3.63, 3.8) is 0 Å². The summed E-state index contributed by atoms with van der Waals surface area (Å²) < 4.78 is 57.2. The summed E-state index contributed by atoms with van der Waals surface area (Å²) >= 11 is 5.97. The lowest BCUT2D eigenvalue weighted by Crippen LogP contribution is -2.35. The zero-order valence-electron chi connectivity index (χ0n) is 9.89. The van der Waals surface area contributed by atoms with Crippen LogP contribution in [-0.2, 0) is 11.8 Å². The molecule has 2 rings (SSSR count). The van der Waals surface area contributed by atoms with Crippen LogP contribution in [0.15, 0.2) is 57.5 Å². The Hall–Kier alpha value is -0.880. The first kappa shape index (κ1) is 15.5. The maximum atomic E-state index is 14.2. The molecule has 0 amide bonds. The molecule has 0 unspecified atom stereocenters. The van der Waals surface area contributed by atoms with Crippen molar-refractivity contribution in [2.45, 2.75) is 11.8 Å². The van der Waals surface area contributed by atoms with Crippen LogP contribution < -0.4 is 0 Å². The molecule has 0 bridgehead atoms. The minimum absolute atomic E-state index is 0.0539. The fourth-order valence-corrected chi connectivity index (χ4v) is 2.52. The van der Waals surface area contributed by atoms with Gasteiger partial charge in [-0.15, -0.1) is 0 Å². The standard InChI is InChI=1S/C14H8Br2F4/c15-10-7-5-9(6-8-10)13(17,18)14(19,20)11-3-1-2-4-12(11)16/h1-8H. The summed E-state index contributed by atoms with van der Waals surface area (Å²) in [5, 5.41) is 0. The Kier molecular flexibility index (Phi) is 4.25. The Morgan fingerprint density at radius 3 is 1.80 bits per heavy atom. The summed E-state index contributed by atoms with van der Waals surface area (Å²) in [6, 6.07) is 9.65. The van der Waals surface area contributed by atoms with Crippen LogP contribution in [0.2, 0.25) is 0 Å². The molecule has 0 heterocycles. The number of hydrogen-bond acceptors (Lipinski definition) is 0. The summed E-state index contributed by atoms with van der Waals surface area (Å²) in [4.78, 5) is 0. The Bertz CT molecular complexity index is 609. The van der Waals surface area contributed by atoms with Gasteiger partial charge in [-0.05, 0) is 18.2 Å².